The molecule has 4 fully saturated rings. The highest BCUT2D eigenvalue weighted by Gasteiger charge is 2.51. The Labute approximate surface area is 144 Å². The van der Waals surface area contributed by atoms with E-state index in [2.05, 4.69) is 53.9 Å². The molecule has 0 saturated heterocycles. The summed E-state index contributed by atoms with van der Waals surface area (Å²) < 4.78 is 0. The molecule has 1 aromatic carbocycles. The van der Waals surface area contributed by atoms with Crippen LogP contribution in [0.1, 0.15) is 38.5 Å². The Morgan fingerprint density at radius 2 is 1.70 bits per heavy atom. The van der Waals surface area contributed by atoms with Crippen molar-refractivity contribution >= 4 is 28.7 Å². The maximum Gasteiger partial charge on any atom is 0.171 e. The largest absolute Gasteiger partial charge is 0.378 e. The van der Waals surface area contributed by atoms with Crippen LogP contribution >= 0.6 is 12.2 Å². The number of hydrogen-bond acceptors (Lipinski definition) is 2. The van der Waals surface area contributed by atoms with Crippen molar-refractivity contribution in [3.05, 3.63) is 24.3 Å². The van der Waals surface area contributed by atoms with Crippen molar-refractivity contribution in [2.75, 3.05) is 24.3 Å². The van der Waals surface area contributed by atoms with Crippen molar-refractivity contribution in [1.82, 2.24) is 5.32 Å². The van der Waals surface area contributed by atoms with E-state index < -0.39 is 0 Å². The molecule has 2 N–H and O–H groups in total. The predicted molar refractivity (Wildman–Crippen MR) is 101 cm³/mol. The highest BCUT2D eigenvalue weighted by atomic mass is 32.1. The molecule has 124 valence electrons. The zero-order chi connectivity index (χ0) is 16.0. The molecule has 4 saturated carbocycles. The molecule has 4 aliphatic rings. The minimum Gasteiger partial charge on any atom is -0.378 e. The Balaban J connectivity index is 1.43. The van der Waals surface area contributed by atoms with Crippen molar-refractivity contribution in [1.29, 1.82) is 0 Å². The maximum atomic E-state index is 5.64. The van der Waals surface area contributed by atoms with Gasteiger partial charge in [0.25, 0.3) is 0 Å². The Kier molecular flexibility index (Phi) is 3.75. The van der Waals surface area contributed by atoms with Gasteiger partial charge in [-0.3, -0.25) is 0 Å². The summed E-state index contributed by atoms with van der Waals surface area (Å²) in [4.78, 5) is 2.11. The van der Waals surface area contributed by atoms with Gasteiger partial charge in [-0.2, -0.15) is 0 Å². The van der Waals surface area contributed by atoms with Gasteiger partial charge in [-0.1, -0.05) is 6.07 Å². The van der Waals surface area contributed by atoms with Gasteiger partial charge in [0.15, 0.2) is 5.11 Å². The van der Waals surface area contributed by atoms with E-state index in [1.165, 1.54) is 44.2 Å². The van der Waals surface area contributed by atoms with Gasteiger partial charge in [0.2, 0.25) is 0 Å². The third kappa shape index (κ3) is 3.06. The lowest BCUT2D eigenvalue weighted by Gasteiger charge is -2.57. The molecular formula is C19H27N3S. The predicted octanol–water partition coefficient (Wildman–Crippen LogP) is 4.01. The third-order valence-electron chi connectivity index (χ3n) is 6.04. The van der Waals surface area contributed by atoms with Crippen LogP contribution in [-0.4, -0.2) is 24.7 Å². The van der Waals surface area contributed by atoms with E-state index in [0.29, 0.717) is 0 Å². The molecule has 0 spiro atoms. The van der Waals surface area contributed by atoms with Crippen LogP contribution in [0.2, 0.25) is 0 Å². The van der Waals surface area contributed by atoms with Crippen LogP contribution in [0.25, 0.3) is 0 Å². The first kappa shape index (κ1) is 15.3. The van der Waals surface area contributed by atoms with Crippen LogP contribution < -0.4 is 15.5 Å². The summed E-state index contributed by atoms with van der Waals surface area (Å²) in [6, 6.07) is 8.42. The molecule has 0 amide bonds. The topological polar surface area (TPSA) is 27.3 Å². The number of thiocarbonyl (C=S) groups is 1. The molecular weight excluding hydrogens is 302 g/mol. The van der Waals surface area contributed by atoms with Crippen LogP contribution in [-0.2, 0) is 0 Å². The van der Waals surface area contributed by atoms with Crippen LogP contribution in [0.3, 0.4) is 0 Å². The molecule has 0 aromatic heterocycles. The summed E-state index contributed by atoms with van der Waals surface area (Å²) in [5.41, 5.74) is 2.53. The lowest BCUT2D eigenvalue weighted by Crippen LogP contribution is -2.60. The minimum atomic E-state index is 0.276. The minimum absolute atomic E-state index is 0.276. The van der Waals surface area contributed by atoms with Gasteiger partial charge in [0.05, 0.1) is 0 Å². The van der Waals surface area contributed by atoms with Crippen LogP contribution in [0.4, 0.5) is 11.4 Å². The number of anilines is 2. The van der Waals surface area contributed by atoms with E-state index in [0.717, 1.165) is 28.6 Å². The first-order valence-corrected chi connectivity index (χ1v) is 9.29. The second kappa shape index (κ2) is 5.66. The molecule has 4 bridgehead atoms. The molecule has 5 rings (SSSR count). The first-order chi connectivity index (χ1) is 11.0. The molecule has 0 aliphatic heterocycles. The van der Waals surface area contributed by atoms with Gasteiger partial charge >= 0.3 is 0 Å². The molecule has 4 aliphatic carbocycles. The lowest BCUT2D eigenvalue weighted by atomic mass is 9.53. The quantitative estimate of drug-likeness (QED) is 0.820. The van der Waals surface area contributed by atoms with Crippen molar-refractivity contribution in [3.63, 3.8) is 0 Å². The third-order valence-corrected chi connectivity index (χ3v) is 6.24. The summed E-state index contributed by atoms with van der Waals surface area (Å²) in [6.45, 7) is 0. The van der Waals surface area contributed by atoms with Crippen LogP contribution in [0.5, 0.6) is 0 Å². The second-order valence-corrected chi connectivity index (χ2v) is 8.63. The van der Waals surface area contributed by atoms with Crippen molar-refractivity contribution < 1.29 is 0 Å². The molecule has 4 heteroatoms. The zero-order valence-corrected chi connectivity index (χ0v) is 15.0. The van der Waals surface area contributed by atoms with E-state index in [4.69, 9.17) is 12.2 Å². The summed E-state index contributed by atoms with van der Waals surface area (Å²) in [6.07, 6.45) is 8.35. The van der Waals surface area contributed by atoms with E-state index in [-0.39, 0.29) is 5.54 Å². The van der Waals surface area contributed by atoms with Crippen LogP contribution in [0.15, 0.2) is 24.3 Å². The van der Waals surface area contributed by atoms with E-state index in [9.17, 15) is 0 Å². The van der Waals surface area contributed by atoms with Gasteiger partial charge in [-0.05, 0) is 86.7 Å². The summed E-state index contributed by atoms with van der Waals surface area (Å²) >= 11 is 5.64. The van der Waals surface area contributed by atoms with Gasteiger partial charge < -0.3 is 15.5 Å². The number of nitrogens with one attached hydrogen (secondary N) is 2. The molecule has 0 radical (unpaired) electrons. The van der Waals surface area contributed by atoms with Gasteiger partial charge in [0, 0.05) is 31.0 Å². The molecule has 0 unspecified atom stereocenters. The van der Waals surface area contributed by atoms with Gasteiger partial charge in [-0.25, -0.2) is 0 Å². The molecule has 0 heterocycles. The summed E-state index contributed by atoms with van der Waals surface area (Å²) in [7, 11) is 4.12. The Morgan fingerprint density at radius 3 is 2.26 bits per heavy atom. The highest BCUT2D eigenvalue weighted by molar-refractivity contribution is 7.80. The van der Waals surface area contributed by atoms with Crippen molar-refractivity contribution in [3.8, 4) is 0 Å². The van der Waals surface area contributed by atoms with E-state index in [1.807, 2.05) is 0 Å². The van der Waals surface area contributed by atoms with Gasteiger partial charge in [-0.15, -0.1) is 0 Å². The number of nitrogens with zero attached hydrogens (tertiary/aromatic N) is 1. The number of hydrogen-bond donors (Lipinski definition) is 2. The van der Waals surface area contributed by atoms with Crippen molar-refractivity contribution in [2.24, 2.45) is 17.8 Å². The first-order valence-electron chi connectivity index (χ1n) is 8.88. The number of rotatable bonds is 3. The molecule has 0 atom stereocenters. The fourth-order valence-corrected chi connectivity index (χ4v) is 5.86. The average Bonchev–Trinajstić information content (AvgIpc) is 2.45. The highest BCUT2D eigenvalue weighted by Crippen LogP contribution is 2.55. The fourth-order valence-electron chi connectivity index (χ4n) is 5.53. The molecule has 3 nitrogen and oxygen atoms in total. The Morgan fingerprint density at radius 1 is 1.09 bits per heavy atom. The van der Waals surface area contributed by atoms with Crippen molar-refractivity contribution in [2.45, 2.75) is 44.1 Å². The summed E-state index contributed by atoms with van der Waals surface area (Å²) in [5, 5.41) is 7.93. The van der Waals surface area contributed by atoms with Crippen LogP contribution in [0, 0.1) is 17.8 Å². The zero-order valence-electron chi connectivity index (χ0n) is 14.1. The van der Waals surface area contributed by atoms with Gasteiger partial charge in [0.1, 0.15) is 0 Å². The fraction of sp³-hybridized carbons (Fsp3) is 0.632. The summed E-state index contributed by atoms with van der Waals surface area (Å²) in [5.74, 6) is 2.82. The van der Waals surface area contributed by atoms with E-state index in [1.54, 1.807) is 0 Å². The Bertz CT molecular complexity index is 575. The average molecular weight is 330 g/mol. The van der Waals surface area contributed by atoms with E-state index >= 15 is 0 Å². The second-order valence-electron chi connectivity index (χ2n) is 8.22. The Hall–Kier alpha value is -1.29. The number of benzene rings is 1. The standard InChI is InChI=1S/C19H27N3S/c1-22(2)17-5-3-4-16(9-17)20-18(23)21-19-10-13-6-14(11-19)8-15(7-13)12-19/h3-5,9,13-15H,6-8,10-12H2,1-2H3,(H2,20,21,23). The molecule has 1 aromatic rings. The lowest BCUT2D eigenvalue weighted by molar-refractivity contribution is -0.00972. The smallest absolute Gasteiger partial charge is 0.171 e. The monoisotopic (exact) mass is 329 g/mol. The normalized spacial score (nSPS) is 34.3. The maximum absolute atomic E-state index is 5.64. The SMILES string of the molecule is CN(C)c1cccc(NC(=S)NC23CC4CC(CC(C4)C2)C3)c1. The molecule has 23 heavy (non-hydrogen) atoms.